The normalized spacial score (nSPS) is 27.9. The number of hydrogen-bond acceptors (Lipinski definition) is 7. The molecule has 140 valence electrons. The second kappa shape index (κ2) is 6.05. The highest BCUT2D eigenvalue weighted by Crippen LogP contribution is 2.41. The Labute approximate surface area is 151 Å². The van der Waals surface area contributed by atoms with Crippen molar-refractivity contribution in [1.82, 2.24) is 19.5 Å². The van der Waals surface area contributed by atoms with Crippen LogP contribution in [0.2, 0.25) is 0 Å². The predicted octanol–water partition coefficient (Wildman–Crippen LogP) is 0.547. The third-order valence-corrected chi connectivity index (χ3v) is 4.81. The van der Waals surface area contributed by atoms with Gasteiger partial charge in [-0.2, -0.15) is 0 Å². The van der Waals surface area contributed by atoms with Crippen LogP contribution < -0.4 is 5.35 Å². The number of nitrogens with zero attached hydrogens (tertiary/aromatic N) is 6. The van der Waals surface area contributed by atoms with Crippen LogP contribution in [0, 0.1) is 0 Å². The van der Waals surface area contributed by atoms with Crippen LogP contribution >= 0.6 is 0 Å². The van der Waals surface area contributed by atoms with Crippen LogP contribution in [0.3, 0.4) is 0 Å². The maximum atomic E-state index is 10.8. The van der Waals surface area contributed by atoms with Gasteiger partial charge in [-0.15, -0.1) is 0 Å². The van der Waals surface area contributed by atoms with E-state index in [0.717, 1.165) is 0 Å². The molecule has 4 atom stereocenters. The summed E-state index contributed by atoms with van der Waals surface area (Å²) in [4.78, 5) is 14.4. The molecule has 0 unspecified atom stereocenters. The Kier molecular flexibility index (Phi) is 3.91. The van der Waals surface area contributed by atoms with E-state index in [0.29, 0.717) is 33.1 Å². The summed E-state index contributed by atoms with van der Waals surface area (Å²) >= 11 is 0. The first-order valence-electron chi connectivity index (χ1n) is 8.14. The highest BCUT2D eigenvalue weighted by atomic mass is 16.6. The van der Waals surface area contributed by atoms with Crippen LogP contribution in [0.25, 0.3) is 39.1 Å². The molecule has 0 aromatic carbocycles. The molecule has 0 bridgehead atoms. The van der Waals surface area contributed by atoms with E-state index >= 15 is 0 Å². The Morgan fingerprint density at radius 3 is 2.96 bits per heavy atom. The van der Waals surface area contributed by atoms with E-state index in [-0.39, 0.29) is 0 Å². The minimum atomic E-state index is -1.69. The molecule has 0 amide bonds. The van der Waals surface area contributed by atoms with E-state index in [4.69, 9.17) is 10.3 Å². The molecule has 0 aliphatic carbocycles. The van der Waals surface area contributed by atoms with Crippen LogP contribution in [0.5, 0.6) is 0 Å². The molecule has 0 spiro atoms. The van der Waals surface area contributed by atoms with Crippen molar-refractivity contribution in [2.45, 2.75) is 31.0 Å². The van der Waals surface area contributed by atoms with E-state index in [2.05, 4.69) is 31.6 Å². The average molecular weight is 371 g/mol. The third-order valence-electron chi connectivity index (χ3n) is 4.81. The van der Waals surface area contributed by atoms with Crippen molar-refractivity contribution in [2.24, 2.45) is 5.11 Å². The van der Waals surface area contributed by atoms with Gasteiger partial charge in [-0.3, -0.25) is 0 Å². The summed E-state index contributed by atoms with van der Waals surface area (Å²) in [6.07, 6.45) is -0.341. The molecule has 3 aromatic rings. The Hall–Kier alpha value is -2.95. The monoisotopic (exact) mass is 371 g/mol. The topological polar surface area (TPSA) is 165 Å². The number of ether oxygens (including phenoxy) is 1. The molecular formula is C16H17N7O4. The predicted molar refractivity (Wildman–Crippen MR) is 95.4 cm³/mol. The van der Waals surface area contributed by atoms with Crippen LogP contribution in [-0.4, -0.2) is 59.3 Å². The maximum absolute atomic E-state index is 10.8. The molecule has 11 heteroatoms. The lowest BCUT2D eigenvalue weighted by atomic mass is 9.96. The molecule has 4 heterocycles. The van der Waals surface area contributed by atoms with Crippen molar-refractivity contribution < 1.29 is 20.1 Å². The first-order valence-corrected chi connectivity index (χ1v) is 8.14. The molecular weight excluding hydrogens is 354 g/mol. The van der Waals surface area contributed by atoms with Crippen LogP contribution in [-0.2, 0) is 4.74 Å². The number of aliphatic hydroxyl groups is 3. The molecule has 1 saturated heterocycles. The zero-order valence-corrected chi connectivity index (χ0v) is 14.3. The Balaban J connectivity index is 2.06. The summed E-state index contributed by atoms with van der Waals surface area (Å²) < 4.78 is 7.22. The number of hydrogen-bond donors (Lipinski definition) is 4. The van der Waals surface area contributed by atoms with Crippen molar-refractivity contribution >= 4 is 34.3 Å². The van der Waals surface area contributed by atoms with E-state index in [1.165, 1.54) is 17.8 Å². The number of H-pyrrole nitrogens is 1. The van der Waals surface area contributed by atoms with E-state index < -0.39 is 30.6 Å². The second-order valence-corrected chi connectivity index (χ2v) is 6.62. The van der Waals surface area contributed by atoms with Crippen LogP contribution in [0.15, 0.2) is 23.7 Å². The average Bonchev–Trinajstić information content (AvgIpc) is 3.06. The number of azide groups is 1. The SMILES string of the molecule is C=c1cc(N=[N+]=[N-])c2cn([C@@H]3O[C@H](CO)[C@@H](O)[C@@]3(C)O)c3ncnc([nH]1)c23. The van der Waals surface area contributed by atoms with Crippen LogP contribution in [0.4, 0.5) is 5.69 Å². The highest BCUT2D eigenvalue weighted by molar-refractivity contribution is 6.08. The summed E-state index contributed by atoms with van der Waals surface area (Å²) in [5, 5.41) is 35.8. The summed E-state index contributed by atoms with van der Waals surface area (Å²) in [7, 11) is 0. The van der Waals surface area contributed by atoms with Gasteiger partial charge in [0.15, 0.2) is 6.23 Å². The smallest absolute Gasteiger partial charge is 0.167 e. The van der Waals surface area contributed by atoms with Gasteiger partial charge in [-0.25, -0.2) is 9.97 Å². The second-order valence-electron chi connectivity index (χ2n) is 6.62. The fraction of sp³-hybridized carbons (Fsp3) is 0.375. The largest absolute Gasteiger partial charge is 0.394 e. The lowest BCUT2D eigenvalue weighted by molar-refractivity contribution is -0.0947. The van der Waals surface area contributed by atoms with Gasteiger partial charge in [0.05, 0.1) is 12.0 Å². The van der Waals surface area contributed by atoms with Gasteiger partial charge in [0.1, 0.15) is 35.4 Å². The molecule has 3 aromatic heterocycles. The van der Waals surface area contributed by atoms with Gasteiger partial charge < -0.3 is 29.6 Å². The lowest BCUT2D eigenvalue weighted by Crippen LogP contribution is -2.44. The third kappa shape index (κ3) is 2.49. The van der Waals surface area contributed by atoms with Gasteiger partial charge in [-0.05, 0) is 18.5 Å². The fourth-order valence-electron chi connectivity index (χ4n) is 3.50. The van der Waals surface area contributed by atoms with E-state index in [9.17, 15) is 15.3 Å². The molecule has 1 aliphatic heterocycles. The van der Waals surface area contributed by atoms with Gasteiger partial charge in [0, 0.05) is 27.5 Å². The molecule has 4 rings (SSSR count). The first-order chi connectivity index (χ1) is 12.9. The van der Waals surface area contributed by atoms with Crippen molar-refractivity contribution in [3.63, 3.8) is 0 Å². The molecule has 0 radical (unpaired) electrons. The Morgan fingerprint density at radius 2 is 2.30 bits per heavy atom. The number of nitrogens with one attached hydrogen (secondary N) is 1. The summed E-state index contributed by atoms with van der Waals surface area (Å²) in [6.45, 7) is 4.81. The molecule has 0 saturated carbocycles. The van der Waals surface area contributed by atoms with Crippen LogP contribution in [0.1, 0.15) is 13.2 Å². The number of aromatic nitrogens is 4. The Morgan fingerprint density at radius 1 is 1.52 bits per heavy atom. The summed E-state index contributed by atoms with van der Waals surface area (Å²) in [6, 6.07) is 1.57. The number of aliphatic hydroxyl groups excluding tert-OH is 2. The van der Waals surface area contributed by atoms with E-state index in [1.54, 1.807) is 12.3 Å². The number of rotatable bonds is 3. The van der Waals surface area contributed by atoms with E-state index in [1.807, 2.05) is 0 Å². The van der Waals surface area contributed by atoms with Gasteiger partial charge in [0.25, 0.3) is 0 Å². The molecule has 4 N–H and O–H groups in total. The quantitative estimate of drug-likeness (QED) is 0.298. The fourth-order valence-corrected chi connectivity index (χ4v) is 3.50. The molecule has 11 nitrogen and oxygen atoms in total. The zero-order chi connectivity index (χ0) is 19.3. The Bertz CT molecular complexity index is 1140. The number of aromatic amines is 1. The van der Waals surface area contributed by atoms with Gasteiger partial charge in [-0.1, -0.05) is 11.7 Å². The van der Waals surface area contributed by atoms with Gasteiger partial charge >= 0.3 is 0 Å². The molecule has 27 heavy (non-hydrogen) atoms. The maximum Gasteiger partial charge on any atom is 0.167 e. The molecule has 1 aliphatic rings. The van der Waals surface area contributed by atoms with Crippen molar-refractivity contribution in [3.05, 3.63) is 34.4 Å². The summed E-state index contributed by atoms with van der Waals surface area (Å²) in [5.74, 6) is 0. The zero-order valence-electron chi connectivity index (χ0n) is 14.3. The lowest BCUT2D eigenvalue weighted by Gasteiger charge is -2.27. The minimum Gasteiger partial charge on any atom is -0.394 e. The first kappa shape index (κ1) is 17.5. The summed E-state index contributed by atoms with van der Waals surface area (Å²) in [5.41, 5.74) is 8.36. The van der Waals surface area contributed by atoms with Crippen molar-refractivity contribution in [1.29, 1.82) is 0 Å². The van der Waals surface area contributed by atoms with Crippen molar-refractivity contribution in [3.8, 4) is 0 Å². The molecule has 1 fully saturated rings. The van der Waals surface area contributed by atoms with Gasteiger partial charge in [0.2, 0.25) is 0 Å². The highest BCUT2D eigenvalue weighted by Gasteiger charge is 2.53. The standard InChI is InChI=1S/C16H17N7O4/c1-7-3-9(21-22-17)8-4-23(14-11(8)13(20-7)18-6-19-14)15-16(2,26)12(25)10(5-24)27-15/h3-4,6,10,12,15,24-26H,1,5H2,2H3,(H,18,19,20)/t10-,12-,15-,16-/m1/s1. The minimum absolute atomic E-state index is 0.296. The van der Waals surface area contributed by atoms with Crippen molar-refractivity contribution in [2.75, 3.05) is 6.61 Å².